The number of rotatable bonds is 1. The molecule has 4 unspecified atom stereocenters. The average Bonchev–Trinajstić information content (AvgIpc) is 3.77. The van der Waals surface area contributed by atoms with E-state index in [-0.39, 0.29) is 17.5 Å². The van der Waals surface area contributed by atoms with Crippen molar-refractivity contribution in [2.45, 2.75) is 37.3 Å². The average molecular weight is 582 g/mol. The number of para-hydroxylation sites is 1. The lowest BCUT2D eigenvalue weighted by Crippen LogP contribution is -2.41. The molecule has 2 N–H and O–H groups in total. The van der Waals surface area contributed by atoms with Gasteiger partial charge in [-0.2, -0.15) is 0 Å². The molecule has 4 atom stereocenters. The van der Waals surface area contributed by atoms with Gasteiger partial charge in [-0.15, -0.1) is 0 Å². The summed E-state index contributed by atoms with van der Waals surface area (Å²) in [5.41, 5.74) is 11.2. The van der Waals surface area contributed by atoms with Crippen molar-refractivity contribution in [3.8, 4) is 0 Å². The molecule has 0 spiro atoms. The Morgan fingerprint density at radius 3 is 2.47 bits per heavy atom. The Kier molecular flexibility index (Phi) is 4.33. The highest BCUT2D eigenvalue weighted by atomic mass is 16.3. The van der Waals surface area contributed by atoms with Gasteiger partial charge in [0, 0.05) is 38.8 Å². The van der Waals surface area contributed by atoms with Crippen molar-refractivity contribution < 1.29 is 4.42 Å². The fourth-order valence-electron chi connectivity index (χ4n) is 9.38. The Hall–Kier alpha value is -5.22. The third-order valence-corrected chi connectivity index (χ3v) is 11.3. The molecule has 0 amide bonds. The first-order chi connectivity index (χ1) is 22.1. The number of hydrogen-bond acceptors (Lipinski definition) is 3. The molecule has 3 aromatic heterocycles. The summed E-state index contributed by atoms with van der Waals surface area (Å²) < 4.78 is 9.03. The molecule has 0 saturated heterocycles. The van der Waals surface area contributed by atoms with E-state index in [1.54, 1.807) is 0 Å². The molecule has 216 valence electrons. The van der Waals surface area contributed by atoms with Gasteiger partial charge in [-0.1, -0.05) is 105 Å². The zero-order valence-corrected chi connectivity index (χ0v) is 25.1. The second kappa shape index (κ2) is 8.08. The standard InChI is InChI=1S/C41H31N3O/c1-41(2)29-14-5-3-10-24(29)25-13-9-12-23(37(25)41)22-18-19-32-27(20-22)36-35-26-11-4-8-17-33(26)45-34(35)21-28-38-40(44(32)39(28)36)43-31-16-7-6-15-30(31)42-38/h3-21,25,30-31,37,42-43H,1-2H3. The fourth-order valence-corrected chi connectivity index (χ4v) is 9.38. The van der Waals surface area contributed by atoms with Crippen molar-refractivity contribution >= 4 is 66.2 Å². The lowest BCUT2D eigenvalue weighted by Gasteiger charge is -2.35. The number of fused-ring (bicyclic) bond motifs is 14. The SMILES string of the molecule is CC1(C)c2ccccc2C2C=CC=C(c3ccc4c(c3)c3c5c(cc6c7c(n4c63)NC3C=CC=CC3N7)oc3ccccc35)C21. The van der Waals surface area contributed by atoms with Gasteiger partial charge in [0.15, 0.2) is 0 Å². The lowest BCUT2D eigenvalue weighted by atomic mass is 9.68. The lowest BCUT2D eigenvalue weighted by molar-refractivity contribution is 0.407. The van der Waals surface area contributed by atoms with Crippen LogP contribution in [0.3, 0.4) is 0 Å². The van der Waals surface area contributed by atoms with E-state index >= 15 is 0 Å². The van der Waals surface area contributed by atoms with Crippen molar-refractivity contribution in [2.24, 2.45) is 5.92 Å². The third kappa shape index (κ3) is 2.89. The van der Waals surface area contributed by atoms with Crippen LogP contribution >= 0.6 is 0 Å². The maximum Gasteiger partial charge on any atom is 0.136 e. The van der Waals surface area contributed by atoms with Crippen molar-refractivity contribution in [1.29, 1.82) is 0 Å². The maximum absolute atomic E-state index is 6.57. The molecule has 11 rings (SSSR count). The van der Waals surface area contributed by atoms with Crippen molar-refractivity contribution in [3.05, 3.63) is 132 Å². The van der Waals surface area contributed by atoms with Crippen LogP contribution in [-0.2, 0) is 5.41 Å². The highest BCUT2D eigenvalue weighted by molar-refractivity contribution is 6.33. The number of nitrogens with one attached hydrogen (secondary N) is 2. The first kappa shape index (κ1) is 24.1. The molecular formula is C41H31N3O. The van der Waals surface area contributed by atoms with Gasteiger partial charge in [0.05, 0.1) is 28.8 Å². The molecule has 4 heteroatoms. The minimum absolute atomic E-state index is 0.0311. The number of nitrogens with zero attached hydrogens (tertiary/aromatic N) is 1. The molecule has 0 bridgehead atoms. The number of benzene rings is 4. The molecule has 4 nitrogen and oxygen atoms in total. The summed E-state index contributed by atoms with van der Waals surface area (Å²) in [5, 5.41) is 13.9. The summed E-state index contributed by atoms with van der Waals surface area (Å²) in [4.78, 5) is 0. The molecule has 4 aliphatic rings. The largest absolute Gasteiger partial charge is 0.456 e. The van der Waals surface area contributed by atoms with Gasteiger partial charge in [0.2, 0.25) is 0 Å². The molecule has 1 aliphatic heterocycles. The molecule has 0 saturated carbocycles. The molecule has 45 heavy (non-hydrogen) atoms. The minimum atomic E-state index is 0.0311. The van der Waals surface area contributed by atoms with Gasteiger partial charge in [0.1, 0.15) is 17.0 Å². The van der Waals surface area contributed by atoms with E-state index in [1.807, 2.05) is 0 Å². The number of hydrogen-bond donors (Lipinski definition) is 2. The van der Waals surface area contributed by atoms with Gasteiger partial charge < -0.3 is 15.1 Å². The van der Waals surface area contributed by atoms with Crippen LogP contribution in [0, 0.1) is 5.92 Å². The van der Waals surface area contributed by atoms with Crippen molar-refractivity contribution in [1.82, 2.24) is 4.40 Å². The van der Waals surface area contributed by atoms with Crippen LogP contribution in [0.1, 0.15) is 36.5 Å². The van der Waals surface area contributed by atoms with Crippen LogP contribution in [0.5, 0.6) is 0 Å². The Labute approximate surface area is 260 Å². The van der Waals surface area contributed by atoms with Crippen LogP contribution < -0.4 is 10.6 Å². The number of aromatic nitrogens is 1. The van der Waals surface area contributed by atoms with Crippen LogP contribution in [0.4, 0.5) is 11.5 Å². The predicted molar refractivity (Wildman–Crippen MR) is 187 cm³/mol. The number of allylic oxidation sites excluding steroid dienone is 6. The first-order valence-corrected chi connectivity index (χ1v) is 16.1. The Bertz CT molecular complexity index is 2550. The highest BCUT2D eigenvalue weighted by Gasteiger charge is 2.47. The van der Waals surface area contributed by atoms with Gasteiger partial charge >= 0.3 is 0 Å². The van der Waals surface area contributed by atoms with Crippen molar-refractivity contribution in [3.63, 3.8) is 0 Å². The van der Waals surface area contributed by atoms with E-state index in [9.17, 15) is 0 Å². The quantitative estimate of drug-likeness (QED) is 0.203. The van der Waals surface area contributed by atoms with Crippen LogP contribution in [-0.4, -0.2) is 16.5 Å². The fraction of sp³-hybridized carbons (Fsp3) is 0.171. The van der Waals surface area contributed by atoms with Gasteiger partial charge in [-0.05, 0) is 51.9 Å². The summed E-state index contributed by atoms with van der Waals surface area (Å²) in [5.74, 6) is 1.90. The zero-order valence-electron chi connectivity index (χ0n) is 25.1. The summed E-state index contributed by atoms with van der Waals surface area (Å²) in [6.07, 6.45) is 15.8. The number of anilines is 2. The second-order valence-electron chi connectivity index (χ2n) is 13.8. The molecular weight excluding hydrogens is 550 g/mol. The van der Waals surface area contributed by atoms with Gasteiger partial charge in [0.25, 0.3) is 0 Å². The summed E-state index contributed by atoms with van der Waals surface area (Å²) >= 11 is 0. The van der Waals surface area contributed by atoms with Crippen molar-refractivity contribution in [2.75, 3.05) is 10.6 Å². The number of furan rings is 1. The van der Waals surface area contributed by atoms with Crippen LogP contribution in [0.15, 0.2) is 120 Å². The van der Waals surface area contributed by atoms with E-state index in [0.29, 0.717) is 11.8 Å². The Morgan fingerprint density at radius 2 is 1.56 bits per heavy atom. The highest BCUT2D eigenvalue weighted by Crippen LogP contribution is 2.58. The van der Waals surface area contributed by atoms with E-state index in [1.165, 1.54) is 60.2 Å². The third-order valence-electron chi connectivity index (χ3n) is 11.3. The van der Waals surface area contributed by atoms with E-state index in [2.05, 4.69) is 144 Å². The molecule has 0 fully saturated rings. The van der Waals surface area contributed by atoms with Crippen LogP contribution in [0.25, 0.3) is 54.7 Å². The first-order valence-electron chi connectivity index (χ1n) is 16.1. The van der Waals surface area contributed by atoms with E-state index in [4.69, 9.17) is 4.42 Å². The Morgan fingerprint density at radius 1 is 0.733 bits per heavy atom. The molecule has 4 heterocycles. The summed E-state index contributed by atoms with van der Waals surface area (Å²) in [6.45, 7) is 4.86. The smallest absolute Gasteiger partial charge is 0.136 e. The van der Waals surface area contributed by atoms with Gasteiger partial charge in [-0.3, -0.25) is 4.40 Å². The maximum atomic E-state index is 6.57. The second-order valence-corrected chi connectivity index (χ2v) is 13.8. The summed E-state index contributed by atoms with van der Waals surface area (Å²) in [7, 11) is 0. The van der Waals surface area contributed by atoms with E-state index in [0.717, 1.165) is 22.7 Å². The monoisotopic (exact) mass is 581 g/mol. The molecule has 3 aliphatic carbocycles. The van der Waals surface area contributed by atoms with E-state index < -0.39 is 0 Å². The molecule has 4 aromatic carbocycles. The summed E-state index contributed by atoms with van der Waals surface area (Å²) in [6, 6.07) is 27.4. The molecule has 0 radical (unpaired) electrons. The zero-order chi connectivity index (χ0) is 29.6. The normalized spacial score (nSPS) is 24.2. The minimum Gasteiger partial charge on any atom is -0.456 e. The predicted octanol–water partition coefficient (Wildman–Crippen LogP) is 9.93. The Balaban J connectivity index is 1.22. The topological polar surface area (TPSA) is 41.6 Å². The molecule has 7 aromatic rings. The van der Waals surface area contributed by atoms with Gasteiger partial charge in [-0.25, -0.2) is 0 Å². The van der Waals surface area contributed by atoms with Crippen LogP contribution in [0.2, 0.25) is 0 Å².